The fourth-order valence-electron chi connectivity index (χ4n) is 5.68. The van der Waals surface area contributed by atoms with Crippen molar-refractivity contribution < 1.29 is 0 Å². The van der Waals surface area contributed by atoms with Crippen LogP contribution in [-0.4, -0.2) is 0 Å². The van der Waals surface area contributed by atoms with Crippen LogP contribution in [0.1, 0.15) is 54.9 Å². The second kappa shape index (κ2) is 2.39. The first-order chi connectivity index (χ1) is 6.18. The molecule has 2 fully saturated rings. The van der Waals surface area contributed by atoms with Crippen molar-refractivity contribution in [2.75, 3.05) is 0 Å². The third-order valence-electron chi connectivity index (χ3n) is 6.30. The van der Waals surface area contributed by atoms with Crippen molar-refractivity contribution in [1.29, 1.82) is 0 Å². The molecule has 0 heterocycles. The van der Waals surface area contributed by atoms with Crippen molar-refractivity contribution >= 4 is 0 Å². The van der Waals surface area contributed by atoms with E-state index in [1.54, 1.807) is 0 Å². The number of rotatable bonds is 1. The topological polar surface area (TPSA) is 0 Å². The van der Waals surface area contributed by atoms with E-state index in [0.29, 0.717) is 16.2 Å². The predicted molar refractivity (Wildman–Crippen MR) is 62.1 cm³/mol. The molecule has 0 aromatic carbocycles. The third kappa shape index (κ3) is 0.750. The fraction of sp³-hybridized carbons (Fsp3) is 1.00. The average molecular weight is 194 g/mol. The molecule has 2 aliphatic carbocycles. The first kappa shape index (κ1) is 10.5. The minimum atomic E-state index is 0.576. The van der Waals surface area contributed by atoms with Crippen molar-refractivity contribution in [3.05, 3.63) is 0 Å². The standard InChI is InChI=1S/C14H26/c1-9(2)11-10(3)14(7)12(4,5)8-13(11,14)6/h9-11H,8H2,1-7H3. The molecule has 0 radical (unpaired) electrons. The van der Waals surface area contributed by atoms with E-state index in [4.69, 9.17) is 0 Å². The van der Waals surface area contributed by atoms with Crippen molar-refractivity contribution in [2.45, 2.75) is 54.9 Å². The van der Waals surface area contributed by atoms with Gasteiger partial charge in [0.1, 0.15) is 0 Å². The zero-order valence-electron chi connectivity index (χ0n) is 10.9. The van der Waals surface area contributed by atoms with Crippen LogP contribution in [0.25, 0.3) is 0 Å². The Balaban J connectivity index is 2.30. The number of fused-ring (bicyclic) bond motifs is 1. The molecule has 0 heteroatoms. The van der Waals surface area contributed by atoms with Gasteiger partial charge in [0, 0.05) is 0 Å². The molecular weight excluding hydrogens is 168 g/mol. The number of hydrogen-bond donors (Lipinski definition) is 0. The SMILES string of the molecule is CC(C)C1C(C)C2(C)C(C)(C)CC12C. The normalized spacial score (nSPS) is 54.9. The average Bonchev–Trinajstić information content (AvgIpc) is 2.00. The summed E-state index contributed by atoms with van der Waals surface area (Å²) in [6.45, 7) is 17.3. The minimum Gasteiger partial charge on any atom is -0.0625 e. The first-order valence-electron chi connectivity index (χ1n) is 6.18. The second-order valence-corrected chi connectivity index (χ2v) is 7.24. The highest BCUT2D eigenvalue weighted by Crippen LogP contribution is 2.83. The summed E-state index contributed by atoms with van der Waals surface area (Å²) < 4.78 is 0. The molecule has 0 spiro atoms. The minimum absolute atomic E-state index is 0.576. The maximum Gasteiger partial charge on any atom is -0.0189 e. The molecular formula is C14H26. The van der Waals surface area contributed by atoms with Gasteiger partial charge in [-0.25, -0.2) is 0 Å². The fourth-order valence-corrected chi connectivity index (χ4v) is 5.68. The van der Waals surface area contributed by atoms with Gasteiger partial charge in [-0.3, -0.25) is 0 Å². The smallest absolute Gasteiger partial charge is 0.0189 e. The Morgan fingerprint density at radius 1 is 1.07 bits per heavy atom. The van der Waals surface area contributed by atoms with Gasteiger partial charge in [0.2, 0.25) is 0 Å². The van der Waals surface area contributed by atoms with Gasteiger partial charge in [0.15, 0.2) is 0 Å². The monoisotopic (exact) mass is 194 g/mol. The lowest BCUT2D eigenvalue weighted by Gasteiger charge is -2.83. The van der Waals surface area contributed by atoms with Crippen LogP contribution in [0.4, 0.5) is 0 Å². The summed E-state index contributed by atoms with van der Waals surface area (Å²) in [4.78, 5) is 0. The van der Waals surface area contributed by atoms with Gasteiger partial charge in [-0.05, 0) is 40.4 Å². The van der Waals surface area contributed by atoms with Crippen LogP contribution in [-0.2, 0) is 0 Å². The van der Waals surface area contributed by atoms with Crippen LogP contribution in [0.3, 0.4) is 0 Å². The van der Waals surface area contributed by atoms with Gasteiger partial charge in [0.25, 0.3) is 0 Å². The molecule has 4 atom stereocenters. The van der Waals surface area contributed by atoms with Crippen molar-refractivity contribution in [1.82, 2.24) is 0 Å². The van der Waals surface area contributed by atoms with Crippen LogP contribution >= 0.6 is 0 Å². The molecule has 2 rings (SSSR count). The summed E-state index contributed by atoms with van der Waals surface area (Å²) in [5.74, 6) is 2.73. The van der Waals surface area contributed by atoms with Crippen molar-refractivity contribution in [3.63, 3.8) is 0 Å². The van der Waals surface area contributed by atoms with E-state index in [1.165, 1.54) is 6.42 Å². The zero-order valence-corrected chi connectivity index (χ0v) is 10.9. The second-order valence-electron chi connectivity index (χ2n) is 7.24. The Morgan fingerprint density at radius 2 is 1.57 bits per heavy atom. The summed E-state index contributed by atoms with van der Waals surface area (Å²) in [5, 5.41) is 0. The third-order valence-corrected chi connectivity index (χ3v) is 6.30. The molecule has 2 saturated carbocycles. The summed E-state index contributed by atoms with van der Waals surface area (Å²) in [6, 6.07) is 0. The molecule has 0 bridgehead atoms. The maximum atomic E-state index is 2.53. The molecule has 0 saturated heterocycles. The molecule has 14 heavy (non-hydrogen) atoms. The van der Waals surface area contributed by atoms with E-state index in [2.05, 4.69) is 48.5 Å². The van der Waals surface area contributed by atoms with Crippen molar-refractivity contribution in [3.8, 4) is 0 Å². The Morgan fingerprint density at radius 3 is 1.86 bits per heavy atom. The Kier molecular flexibility index (Phi) is 1.79. The Hall–Kier alpha value is 0. The van der Waals surface area contributed by atoms with Gasteiger partial charge in [0.05, 0.1) is 0 Å². The van der Waals surface area contributed by atoms with Gasteiger partial charge in [-0.15, -0.1) is 0 Å². The number of hydrogen-bond acceptors (Lipinski definition) is 0. The van der Waals surface area contributed by atoms with E-state index < -0.39 is 0 Å². The summed E-state index contributed by atoms with van der Waals surface area (Å²) in [7, 11) is 0. The first-order valence-corrected chi connectivity index (χ1v) is 6.18. The lowest BCUT2D eigenvalue weighted by Crippen LogP contribution is -2.77. The Labute approximate surface area is 89.5 Å². The van der Waals surface area contributed by atoms with Crippen LogP contribution in [0.15, 0.2) is 0 Å². The molecule has 0 amide bonds. The largest absolute Gasteiger partial charge is 0.0625 e. The Bertz CT molecular complexity index is 263. The van der Waals surface area contributed by atoms with Gasteiger partial charge in [-0.2, -0.15) is 0 Å². The van der Waals surface area contributed by atoms with E-state index in [0.717, 1.165) is 17.8 Å². The van der Waals surface area contributed by atoms with Crippen LogP contribution < -0.4 is 0 Å². The van der Waals surface area contributed by atoms with Gasteiger partial charge < -0.3 is 0 Å². The van der Waals surface area contributed by atoms with E-state index in [9.17, 15) is 0 Å². The van der Waals surface area contributed by atoms with Gasteiger partial charge in [-0.1, -0.05) is 48.5 Å². The van der Waals surface area contributed by atoms with Crippen LogP contribution in [0, 0.1) is 34.0 Å². The highest BCUT2D eigenvalue weighted by Gasteiger charge is 2.77. The maximum absolute atomic E-state index is 2.53. The molecule has 0 N–H and O–H groups in total. The molecule has 0 aromatic heterocycles. The highest BCUT2D eigenvalue weighted by atomic mass is 14.8. The quantitative estimate of drug-likeness (QED) is 0.582. The highest BCUT2D eigenvalue weighted by molar-refractivity contribution is 5.25. The van der Waals surface area contributed by atoms with Crippen LogP contribution in [0.2, 0.25) is 0 Å². The molecule has 4 unspecified atom stereocenters. The lowest BCUT2D eigenvalue weighted by molar-refractivity contribution is -0.349. The molecule has 0 aliphatic heterocycles. The summed E-state index contributed by atoms with van der Waals surface area (Å²) in [5.41, 5.74) is 1.82. The molecule has 0 nitrogen and oxygen atoms in total. The summed E-state index contributed by atoms with van der Waals surface area (Å²) >= 11 is 0. The van der Waals surface area contributed by atoms with Crippen molar-refractivity contribution in [2.24, 2.45) is 34.0 Å². The van der Waals surface area contributed by atoms with E-state index >= 15 is 0 Å². The van der Waals surface area contributed by atoms with E-state index in [-0.39, 0.29) is 0 Å². The van der Waals surface area contributed by atoms with E-state index in [1.807, 2.05) is 0 Å². The molecule has 2 aliphatic rings. The summed E-state index contributed by atoms with van der Waals surface area (Å²) in [6.07, 6.45) is 1.43. The van der Waals surface area contributed by atoms with Gasteiger partial charge >= 0.3 is 0 Å². The predicted octanol–water partition coefficient (Wildman–Crippen LogP) is 4.35. The zero-order chi connectivity index (χ0) is 10.9. The lowest BCUT2D eigenvalue weighted by atomic mass is 9.22. The molecule has 0 aromatic rings. The molecule has 82 valence electrons. The van der Waals surface area contributed by atoms with Crippen LogP contribution in [0.5, 0.6) is 0 Å².